The Kier molecular flexibility index (Phi) is 5.43. The minimum Gasteiger partial charge on any atom is -0.481 e. The molecular formula is C11H15N3O4S. The average molecular weight is 285 g/mol. The number of carbonyl (C=O) groups is 3. The van der Waals surface area contributed by atoms with Crippen molar-refractivity contribution in [2.75, 3.05) is 5.32 Å². The zero-order chi connectivity index (χ0) is 14.4. The third-order valence-electron chi connectivity index (χ3n) is 2.19. The molecule has 3 N–H and O–H groups in total. The van der Waals surface area contributed by atoms with E-state index >= 15 is 0 Å². The number of aromatic nitrogens is 1. The number of rotatable bonds is 6. The Bertz CT molecular complexity index is 486. The Morgan fingerprint density at radius 2 is 2.16 bits per heavy atom. The summed E-state index contributed by atoms with van der Waals surface area (Å²) in [6.45, 7) is 3.08. The maximum Gasteiger partial charge on any atom is 0.303 e. The minimum absolute atomic E-state index is 0.00431. The van der Waals surface area contributed by atoms with Gasteiger partial charge in [0.1, 0.15) is 5.69 Å². The van der Waals surface area contributed by atoms with Crippen LogP contribution in [-0.2, 0) is 9.59 Å². The Hall–Kier alpha value is -1.96. The van der Waals surface area contributed by atoms with Crippen LogP contribution in [0.2, 0.25) is 0 Å². The molecule has 7 nitrogen and oxygen atoms in total. The molecule has 2 amide bonds. The summed E-state index contributed by atoms with van der Waals surface area (Å²) in [4.78, 5) is 36.9. The van der Waals surface area contributed by atoms with Gasteiger partial charge in [0.05, 0.1) is 0 Å². The monoisotopic (exact) mass is 285 g/mol. The molecule has 0 aliphatic rings. The van der Waals surface area contributed by atoms with Crippen molar-refractivity contribution in [1.29, 1.82) is 0 Å². The fraction of sp³-hybridized carbons (Fsp3) is 0.455. The van der Waals surface area contributed by atoms with Crippen LogP contribution in [0.25, 0.3) is 0 Å². The van der Waals surface area contributed by atoms with Crippen LogP contribution in [0.4, 0.5) is 5.13 Å². The first kappa shape index (κ1) is 15.1. The Morgan fingerprint density at radius 1 is 1.47 bits per heavy atom. The molecule has 1 aromatic rings. The van der Waals surface area contributed by atoms with Crippen molar-refractivity contribution in [3.8, 4) is 0 Å². The Labute approximate surface area is 114 Å². The predicted molar refractivity (Wildman–Crippen MR) is 70.2 cm³/mol. The summed E-state index contributed by atoms with van der Waals surface area (Å²) in [6.07, 6.45) is 0.347. The van der Waals surface area contributed by atoms with Crippen LogP contribution in [0.3, 0.4) is 0 Å². The number of carbonyl (C=O) groups excluding carboxylic acids is 2. The molecule has 0 radical (unpaired) electrons. The largest absolute Gasteiger partial charge is 0.481 e. The van der Waals surface area contributed by atoms with Crippen LogP contribution in [-0.4, -0.2) is 33.9 Å². The standard InChI is InChI=1S/C11H15N3O4S/c1-6(3-4-9(16)17)12-10(18)8-5-19-11(14-8)13-7(2)15/h5-6H,3-4H2,1-2H3,(H,12,18)(H,16,17)(H,13,14,15). The van der Waals surface area contributed by atoms with Crippen molar-refractivity contribution in [2.45, 2.75) is 32.7 Å². The Morgan fingerprint density at radius 3 is 2.74 bits per heavy atom. The molecular weight excluding hydrogens is 270 g/mol. The lowest BCUT2D eigenvalue weighted by atomic mass is 10.2. The second kappa shape index (κ2) is 6.83. The molecule has 0 fully saturated rings. The lowest BCUT2D eigenvalue weighted by molar-refractivity contribution is -0.137. The van der Waals surface area contributed by atoms with E-state index in [1.807, 2.05) is 0 Å². The normalized spacial score (nSPS) is 11.7. The lowest BCUT2D eigenvalue weighted by Crippen LogP contribution is -2.33. The number of aliphatic carboxylic acids is 1. The van der Waals surface area contributed by atoms with Crippen molar-refractivity contribution in [2.24, 2.45) is 0 Å². The summed E-state index contributed by atoms with van der Waals surface area (Å²) in [6, 6.07) is -0.255. The van der Waals surface area contributed by atoms with Gasteiger partial charge >= 0.3 is 5.97 Å². The molecule has 1 unspecified atom stereocenters. The van der Waals surface area contributed by atoms with E-state index < -0.39 is 5.97 Å². The molecule has 0 bridgehead atoms. The summed E-state index contributed by atoms with van der Waals surface area (Å²) < 4.78 is 0. The number of thiazole rings is 1. The molecule has 0 aliphatic heterocycles. The highest BCUT2D eigenvalue weighted by molar-refractivity contribution is 7.14. The molecule has 0 aliphatic carbocycles. The maximum atomic E-state index is 11.8. The van der Waals surface area contributed by atoms with Crippen LogP contribution in [0, 0.1) is 0 Å². The number of anilines is 1. The molecule has 8 heteroatoms. The topological polar surface area (TPSA) is 108 Å². The van der Waals surface area contributed by atoms with Gasteiger partial charge in [-0.25, -0.2) is 4.98 Å². The van der Waals surface area contributed by atoms with Gasteiger partial charge in [-0.3, -0.25) is 14.4 Å². The molecule has 0 aromatic carbocycles. The number of nitrogens with one attached hydrogen (secondary N) is 2. The van der Waals surface area contributed by atoms with Crippen molar-refractivity contribution in [1.82, 2.24) is 10.3 Å². The van der Waals surface area contributed by atoms with Crippen LogP contribution < -0.4 is 10.6 Å². The summed E-state index contributed by atoms with van der Waals surface area (Å²) in [5.41, 5.74) is 0.205. The second-order valence-electron chi connectivity index (χ2n) is 4.03. The molecule has 1 rings (SSSR count). The van der Waals surface area contributed by atoms with E-state index in [1.54, 1.807) is 6.92 Å². The van der Waals surface area contributed by atoms with E-state index in [9.17, 15) is 14.4 Å². The highest BCUT2D eigenvalue weighted by Gasteiger charge is 2.14. The number of amides is 2. The maximum absolute atomic E-state index is 11.8. The fourth-order valence-corrected chi connectivity index (χ4v) is 2.03. The van der Waals surface area contributed by atoms with Gasteiger partial charge in [-0.2, -0.15) is 0 Å². The van der Waals surface area contributed by atoms with Crippen LogP contribution in [0.15, 0.2) is 5.38 Å². The zero-order valence-electron chi connectivity index (χ0n) is 10.6. The van der Waals surface area contributed by atoms with Crippen molar-refractivity contribution in [3.63, 3.8) is 0 Å². The third-order valence-corrected chi connectivity index (χ3v) is 2.95. The molecule has 1 atom stereocenters. The van der Waals surface area contributed by atoms with E-state index in [1.165, 1.54) is 12.3 Å². The van der Waals surface area contributed by atoms with Crippen molar-refractivity contribution >= 4 is 34.3 Å². The molecule has 104 valence electrons. The summed E-state index contributed by atoms with van der Waals surface area (Å²) >= 11 is 1.15. The van der Waals surface area contributed by atoms with Gasteiger partial charge in [-0.1, -0.05) is 0 Å². The Balaban J connectivity index is 2.51. The van der Waals surface area contributed by atoms with E-state index in [2.05, 4.69) is 15.6 Å². The number of carboxylic acid groups (broad SMARTS) is 1. The van der Waals surface area contributed by atoms with Gasteiger partial charge < -0.3 is 15.7 Å². The van der Waals surface area contributed by atoms with Crippen LogP contribution in [0.1, 0.15) is 37.2 Å². The zero-order valence-corrected chi connectivity index (χ0v) is 11.4. The average Bonchev–Trinajstić information content (AvgIpc) is 2.74. The number of hydrogen-bond donors (Lipinski definition) is 3. The summed E-state index contributed by atoms with van der Waals surface area (Å²) in [5, 5.41) is 15.6. The fourth-order valence-electron chi connectivity index (χ4n) is 1.30. The van der Waals surface area contributed by atoms with Crippen LogP contribution >= 0.6 is 11.3 Å². The quantitative estimate of drug-likeness (QED) is 0.725. The number of nitrogens with zero attached hydrogens (tertiary/aromatic N) is 1. The molecule has 0 spiro atoms. The highest BCUT2D eigenvalue weighted by atomic mass is 32.1. The SMILES string of the molecule is CC(=O)Nc1nc(C(=O)NC(C)CCC(=O)O)cs1. The van der Waals surface area contributed by atoms with E-state index in [0.717, 1.165) is 11.3 Å². The van der Waals surface area contributed by atoms with Gasteiger partial charge in [0.25, 0.3) is 5.91 Å². The molecule has 19 heavy (non-hydrogen) atoms. The van der Waals surface area contributed by atoms with Gasteiger partial charge in [0.15, 0.2) is 5.13 Å². The van der Waals surface area contributed by atoms with Crippen molar-refractivity contribution in [3.05, 3.63) is 11.1 Å². The molecule has 0 saturated heterocycles. The number of hydrogen-bond acceptors (Lipinski definition) is 5. The van der Waals surface area contributed by atoms with Gasteiger partial charge in [0.2, 0.25) is 5.91 Å². The van der Waals surface area contributed by atoms with E-state index in [-0.39, 0.29) is 30.0 Å². The summed E-state index contributed by atoms with van der Waals surface area (Å²) in [7, 11) is 0. The summed E-state index contributed by atoms with van der Waals surface area (Å²) in [5.74, 6) is -1.54. The first-order chi connectivity index (χ1) is 8.88. The van der Waals surface area contributed by atoms with Crippen molar-refractivity contribution < 1.29 is 19.5 Å². The van der Waals surface area contributed by atoms with Gasteiger partial charge in [0, 0.05) is 24.8 Å². The number of carboxylic acids is 1. The second-order valence-corrected chi connectivity index (χ2v) is 4.88. The first-order valence-electron chi connectivity index (χ1n) is 5.64. The lowest BCUT2D eigenvalue weighted by Gasteiger charge is -2.11. The first-order valence-corrected chi connectivity index (χ1v) is 6.52. The van der Waals surface area contributed by atoms with Crippen LogP contribution in [0.5, 0.6) is 0 Å². The predicted octanol–water partition coefficient (Wildman–Crippen LogP) is 1.08. The third kappa shape index (κ3) is 5.47. The van der Waals surface area contributed by atoms with E-state index in [4.69, 9.17) is 5.11 Å². The van der Waals surface area contributed by atoms with Gasteiger partial charge in [-0.15, -0.1) is 11.3 Å². The molecule has 1 aromatic heterocycles. The minimum atomic E-state index is -0.900. The highest BCUT2D eigenvalue weighted by Crippen LogP contribution is 2.15. The van der Waals surface area contributed by atoms with Gasteiger partial charge in [-0.05, 0) is 13.3 Å². The molecule has 1 heterocycles. The molecule has 0 saturated carbocycles. The smallest absolute Gasteiger partial charge is 0.303 e. The van der Waals surface area contributed by atoms with E-state index in [0.29, 0.717) is 11.6 Å².